The Kier molecular flexibility index (Phi) is 7.12. The van der Waals surface area contributed by atoms with Crippen LogP contribution < -0.4 is 5.32 Å². The number of hydrogen-bond donors (Lipinski definition) is 1. The van der Waals surface area contributed by atoms with Gasteiger partial charge in [-0.25, -0.2) is 0 Å². The Hall–Kier alpha value is -0.980. The van der Waals surface area contributed by atoms with Crippen LogP contribution in [0.2, 0.25) is 0 Å². The second kappa shape index (κ2) is 8.34. The average Bonchev–Trinajstić information content (AvgIpc) is 2.43. The molecule has 0 aliphatic rings. The lowest BCUT2D eigenvalue weighted by Gasteiger charge is -2.23. The van der Waals surface area contributed by atoms with E-state index in [0.717, 1.165) is 24.0 Å². The van der Waals surface area contributed by atoms with Crippen LogP contribution in [0.5, 0.6) is 0 Å². The maximum Gasteiger partial charge on any atom is 0.275 e. The molecule has 0 amide bonds. The summed E-state index contributed by atoms with van der Waals surface area (Å²) in [5.41, 5.74) is 0.867. The Morgan fingerprint density at radius 2 is 2.20 bits per heavy atom. The first-order valence-electron chi connectivity index (χ1n) is 6.79. The van der Waals surface area contributed by atoms with Crippen molar-refractivity contribution < 1.29 is 4.92 Å². The summed E-state index contributed by atoms with van der Waals surface area (Å²) in [4.78, 5) is 12.9. The summed E-state index contributed by atoms with van der Waals surface area (Å²) in [5, 5.41) is 14.3. The van der Waals surface area contributed by atoms with Crippen LogP contribution in [0.25, 0.3) is 0 Å². The lowest BCUT2D eigenvalue weighted by Crippen LogP contribution is -2.34. The number of nitrogens with zero attached hydrogens (tertiary/aromatic N) is 2. The van der Waals surface area contributed by atoms with Crippen molar-refractivity contribution in [1.29, 1.82) is 0 Å². The van der Waals surface area contributed by atoms with Crippen molar-refractivity contribution in [2.45, 2.75) is 32.9 Å². The number of nitrogens with one attached hydrogen (secondary N) is 1. The van der Waals surface area contributed by atoms with Gasteiger partial charge in [-0.05, 0) is 32.5 Å². The fourth-order valence-electron chi connectivity index (χ4n) is 1.87. The van der Waals surface area contributed by atoms with E-state index in [9.17, 15) is 10.1 Å². The smallest absolute Gasteiger partial charge is 0.275 e. The van der Waals surface area contributed by atoms with E-state index in [0.29, 0.717) is 18.2 Å². The third kappa shape index (κ3) is 5.19. The first kappa shape index (κ1) is 17.1. The summed E-state index contributed by atoms with van der Waals surface area (Å²) in [7, 11) is 2.10. The van der Waals surface area contributed by atoms with Gasteiger partial charge in [0, 0.05) is 41.8 Å². The van der Waals surface area contributed by atoms with Crippen molar-refractivity contribution in [2.75, 3.05) is 20.1 Å². The Bertz CT molecular complexity index is 454. The van der Waals surface area contributed by atoms with Gasteiger partial charge in [0.25, 0.3) is 5.69 Å². The first-order valence-corrected chi connectivity index (χ1v) is 7.58. The van der Waals surface area contributed by atoms with Crippen LogP contribution in [0.4, 0.5) is 5.69 Å². The minimum absolute atomic E-state index is 0.155. The minimum Gasteiger partial charge on any atom is -0.311 e. The molecule has 5 nitrogen and oxygen atoms in total. The highest BCUT2D eigenvalue weighted by atomic mass is 79.9. The van der Waals surface area contributed by atoms with Gasteiger partial charge in [0.1, 0.15) is 0 Å². The summed E-state index contributed by atoms with van der Waals surface area (Å²) < 4.78 is 0.726. The zero-order valence-electron chi connectivity index (χ0n) is 12.2. The maximum absolute atomic E-state index is 11.0. The van der Waals surface area contributed by atoms with Crippen LogP contribution in [0, 0.1) is 10.1 Å². The highest BCUT2D eigenvalue weighted by Gasteiger charge is 2.13. The zero-order valence-corrected chi connectivity index (χ0v) is 13.8. The van der Waals surface area contributed by atoms with Crippen LogP contribution in [0.15, 0.2) is 22.7 Å². The molecule has 0 radical (unpaired) electrons. The van der Waals surface area contributed by atoms with E-state index < -0.39 is 0 Å². The minimum atomic E-state index is -0.340. The molecule has 20 heavy (non-hydrogen) atoms. The molecule has 0 aromatic heterocycles. The van der Waals surface area contributed by atoms with Gasteiger partial charge >= 0.3 is 0 Å². The van der Waals surface area contributed by atoms with Crippen molar-refractivity contribution in [3.8, 4) is 0 Å². The van der Waals surface area contributed by atoms with Gasteiger partial charge in [-0.15, -0.1) is 0 Å². The summed E-state index contributed by atoms with van der Waals surface area (Å²) in [5.74, 6) is 0. The van der Waals surface area contributed by atoms with Crippen LogP contribution in [-0.2, 0) is 6.54 Å². The quantitative estimate of drug-likeness (QED) is 0.447. The Balaban J connectivity index is 2.48. The molecule has 1 aromatic rings. The number of likely N-dealkylation sites (N-methyl/N-ethyl adjacent to an activating group) is 1. The molecule has 1 atom stereocenters. The second-order valence-electron chi connectivity index (χ2n) is 4.94. The Labute approximate surface area is 128 Å². The summed E-state index contributed by atoms with van der Waals surface area (Å²) in [6.07, 6.45) is 1.12. The molecule has 0 spiro atoms. The maximum atomic E-state index is 11.0. The van der Waals surface area contributed by atoms with Gasteiger partial charge in [-0.2, -0.15) is 0 Å². The van der Waals surface area contributed by atoms with Crippen LogP contribution in [0.3, 0.4) is 0 Å². The monoisotopic (exact) mass is 343 g/mol. The van der Waals surface area contributed by atoms with Gasteiger partial charge in [0.15, 0.2) is 0 Å². The molecule has 0 bridgehead atoms. The highest BCUT2D eigenvalue weighted by molar-refractivity contribution is 9.10. The van der Waals surface area contributed by atoms with E-state index in [2.05, 4.69) is 47.0 Å². The van der Waals surface area contributed by atoms with Crippen LogP contribution in [-0.4, -0.2) is 36.0 Å². The van der Waals surface area contributed by atoms with E-state index in [4.69, 9.17) is 0 Å². The number of nitro benzene ring substituents is 1. The number of hydrogen-bond acceptors (Lipinski definition) is 4. The summed E-state index contributed by atoms with van der Waals surface area (Å²) in [6.45, 7) is 6.62. The molecule has 0 saturated carbocycles. The molecule has 112 valence electrons. The van der Waals surface area contributed by atoms with Crippen LogP contribution >= 0.6 is 15.9 Å². The highest BCUT2D eigenvalue weighted by Crippen LogP contribution is 2.23. The normalized spacial score (nSPS) is 12.7. The van der Waals surface area contributed by atoms with E-state index in [1.165, 1.54) is 0 Å². The predicted molar refractivity (Wildman–Crippen MR) is 84.9 cm³/mol. The molecule has 0 aliphatic carbocycles. The van der Waals surface area contributed by atoms with Crippen molar-refractivity contribution >= 4 is 21.6 Å². The number of benzene rings is 1. The van der Waals surface area contributed by atoms with Crippen molar-refractivity contribution in [3.63, 3.8) is 0 Å². The fourth-order valence-corrected chi connectivity index (χ4v) is 2.22. The standard InChI is InChI=1S/C14H22BrN3O2/c1-4-11(2)17(3)8-7-16-10-12-5-6-13(15)9-14(12)18(19)20/h5-6,9,11,16H,4,7-8,10H2,1-3H3. The van der Waals surface area contributed by atoms with E-state index >= 15 is 0 Å². The second-order valence-corrected chi connectivity index (χ2v) is 5.86. The van der Waals surface area contributed by atoms with Gasteiger partial charge in [-0.1, -0.05) is 22.9 Å². The Morgan fingerprint density at radius 3 is 2.80 bits per heavy atom. The molecule has 0 fully saturated rings. The van der Waals surface area contributed by atoms with Gasteiger partial charge in [0.2, 0.25) is 0 Å². The van der Waals surface area contributed by atoms with Crippen molar-refractivity contribution in [1.82, 2.24) is 10.2 Å². The molecule has 0 aliphatic heterocycles. The van der Waals surface area contributed by atoms with Gasteiger partial charge < -0.3 is 10.2 Å². The SMILES string of the molecule is CCC(C)N(C)CCNCc1ccc(Br)cc1[N+](=O)[O-]. The predicted octanol–water partition coefficient (Wildman–Crippen LogP) is 3.18. The molecule has 0 saturated heterocycles. The fraction of sp³-hybridized carbons (Fsp3) is 0.571. The topological polar surface area (TPSA) is 58.4 Å². The summed E-state index contributed by atoms with van der Waals surface area (Å²) >= 11 is 3.26. The molecule has 0 heterocycles. The third-order valence-corrected chi connectivity index (χ3v) is 4.04. The summed E-state index contributed by atoms with van der Waals surface area (Å²) in [6, 6.07) is 5.71. The molecule has 6 heteroatoms. The largest absolute Gasteiger partial charge is 0.311 e. The van der Waals surface area contributed by atoms with Crippen LogP contribution in [0.1, 0.15) is 25.8 Å². The number of nitro groups is 1. The lowest BCUT2D eigenvalue weighted by molar-refractivity contribution is -0.385. The van der Waals surface area contributed by atoms with E-state index in [-0.39, 0.29) is 10.6 Å². The molecule has 1 rings (SSSR count). The van der Waals surface area contributed by atoms with Gasteiger partial charge in [0.05, 0.1) is 4.92 Å². The Morgan fingerprint density at radius 1 is 1.50 bits per heavy atom. The average molecular weight is 344 g/mol. The van der Waals surface area contributed by atoms with Gasteiger partial charge in [-0.3, -0.25) is 10.1 Å². The zero-order chi connectivity index (χ0) is 15.1. The molecular weight excluding hydrogens is 322 g/mol. The number of halogens is 1. The number of rotatable bonds is 8. The lowest BCUT2D eigenvalue weighted by atomic mass is 10.2. The first-order chi connectivity index (χ1) is 9.45. The van der Waals surface area contributed by atoms with Crippen molar-refractivity contribution in [3.05, 3.63) is 38.3 Å². The van der Waals surface area contributed by atoms with Crippen molar-refractivity contribution in [2.24, 2.45) is 0 Å². The molecule has 1 aromatic carbocycles. The molecule has 1 unspecified atom stereocenters. The third-order valence-electron chi connectivity index (χ3n) is 3.54. The molecular formula is C14H22BrN3O2. The van der Waals surface area contributed by atoms with E-state index in [1.54, 1.807) is 12.1 Å². The van der Waals surface area contributed by atoms with E-state index in [1.807, 2.05) is 6.07 Å². The molecule has 1 N–H and O–H groups in total.